The number of anilines is 3. The summed E-state index contributed by atoms with van der Waals surface area (Å²) in [6.07, 6.45) is 2.00. The molecule has 1 aliphatic heterocycles. The topological polar surface area (TPSA) is 38.5 Å². The average molecular weight is 902 g/mol. The summed E-state index contributed by atoms with van der Waals surface area (Å²) in [5, 5.41) is 4.48. The summed E-state index contributed by atoms with van der Waals surface area (Å²) in [4.78, 5) is 9.39. The van der Waals surface area contributed by atoms with E-state index in [1.807, 2.05) is 30.5 Å². The van der Waals surface area contributed by atoms with Gasteiger partial charge in [0.25, 0.3) is 0 Å². The molecule has 0 N–H and O–H groups in total. The number of ether oxygens (including phenoxy) is 1. The van der Waals surface area contributed by atoms with Gasteiger partial charge < -0.3 is 23.7 Å². The van der Waals surface area contributed by atoms with Gasteiger partial charge in [-0.15, -0.1) is 41.4 Å². The first-order valence-corrected chi connectivity index (χ1v) is 18.4. The third-order valence-electron chi connectivity index (χ3n) is 10.6. The van der Waals surface area contributed by atoms with Crippen molar-refractivity contribution in [3.05, 3.63) is 189 Å². The minimum absolute atomic E-state index is 0. The van der Waals surface area contributed by atoms with Crippen molar-refractivity contribution in [3.63, 3.8) is 0 Å². The van der Waals surface area contributed by atoms with Crippen molar-refractivity contribution in [2.24, 2.45) is 0 Å². The van der Waals surface area contributed by atoms with Gasteiger partial charge in [0.05, 0.1) is 11.0 Å². The number of aromatic nitrogens is 3. The number of hydrogen-bond donors (Lipinski definition) is 0. The Bertz CT molecular complexity index is 3080. The standard InChI is InChI=1S/C49H32N5O.Pt/c1-51-32-52(45-26-23-34(27-48(45)51)33-13-4-2-5-14-33)36-17-12-18-37(28-36)55-38-24-25-41-39-19-8-11-22-44(39)54(46(41)29-38)49-30-47-42(31-50-49)40-20-9-10-21-43(40)53(47)35-15-6-3-7-16-35;/h2-27,30-32H,1H3;/q-3;. The van der Waals surface area contributed by atoms with E-state index in [2.05, 4.69) is 184 Å². The van der Waals surface area contributed by atoms with Crippen molar-refractivity contribution in [3.8, 4) is 34.1 Å². The molecular weight excluding hydrogens is 870 g/mol. The first-order chi connectivity index (χ1) is 27.2. The summed E-state index contributed by atoms with van der Waals surface area (Å²) in [6.45, 7) is 2.09. The number of benzene rings is 7. The number of rotatable bonds is 6. The zero-order valence-electron chi connectivity index (χ0n) is 30.2. The van der Waals surface area contributed by atoms with E-state index in [0.29, 0.717) is 11.5 Å². The van der Waals surface area contributed by atoms with E-state index in [1.54, 1.807) is 0 Å². The quantitative estimate of drug-likeness (QED) is 0.156. The SMILES string of the molecule is CN1[CH-]N(c2[c-]c(Oc3[c-]c4c(cc3)c3ccccc3n4-c3cc4c(cn3)c3ccccc3n4-c3ccccc3)ccc2)c2ccc(-c3ccccc3)cc21.[Pt]. The van der Waals surface area contributed by atoms with E-state index in [1.165, 1.54) is 16.5 Å². The molecule has 56 heavy (non-hydrogen) atoms. The van der Waals surface area contributed by atoms with Crippen molar-refractivity contribution in [2.75, 3.05) is 16.8 Å². The van der Waals surface area contributed by atoms with Crippen LogP contribution in [0.4, 0.5) is 17.1 Å². The van der Waals surface area contributed by atoms with Crippen molar-refractivity contribution in [2.45, 2.75) is 0 Å². The van der Waals surface area contributed by atoms with E-state index in [-0.39, 0.29) is 21.1 Å². The molecule has 0 atom stereocenters. The van der Waals surface area contributed by atoms with Gasteiger partial charge in [-0.1, -0.05) is 96.5 Å². The number of nitrogens with zero attached hydrogens (tertiary/aromatic N) is 5. The fraction of sp³-hybridized carbons (Fsp3) is 0.0204. The molecule has 0 bridgehead atoms. The Hall–Kier alpha value is -6.62. The van der Waals surface area contributed by atoms with Crippen molar-refractivity contribution < 1.29 is 25.8 Å². The maximum Gasteiger partial charge on any atom is 0.137 e. The van der Waals surface area contributed by atoms with Gasteiger partial charge in [0, 0.05) is 78.2 Å². The van der Waals surface area contributed by atoms with E-state index in [9.17, 15) is 0 Å². The molecule has 11 rings (SSSR count). The van der Waals surface area contributed by atoms with Crippen LogP contribution in [0.15, 0.2) is 170 Å². The molecule has 7 aromatic carbocycles. The molecule has 0 aliphatic carbocycles. The van der Waals surface area contributed by atoms with Gasteiger partial charge >= 0.3 is 0 Å². The third-order valence-corrected chi connectivity index (χ3v) is 10.6. The van der Waals surface area contributed by atoms with Crippen LogP contribution in [0, 0.1) is 18.8 Å². The van der Waals surface area contributed by atoms with Gasteiger partial charge in [0.1, 0.15) is 5.82 Å². The zero-order valence-corrected chi connectivity index (χ0v) is 32.5. The molecule has 0 saturated carbocycles. The predicted molar refractivity (Wildman–Crippen MR) is 224 cm³/mol. The summed E-state index contributed by atoms with van der Waals surface area (Å²) in [6, 6.07) is 64.0. The van der Waals surface area contributed by atoms with Crippen molar-refractivity contribution >= 4 is 60.7 Å². The number of fused-ring (bicyclic) bond motifs is 7. The number of hydrogen-bond acceptors (Lipinski definition) is 4. The summed E-state index contributed by atoms with van der Waals surface area (Å²) in [5.41, 5.74) is 10.8. The summed E-state index contributed by atoms with van der Waals surface area (Å²) in [7, 11) is 2.07. The first-order valence-electron chi connectivity index (χ1n) is 18.4. The van der Waals surface area contributed by atoms with E-state index < -0.39 is 0 Å². The molecule has 0 amide bonds. The molecule has 6 nitrogen and oxygen atoms in total. The second kappa shape index (κ2) is 13.6. The largest absolute Gasteiger partial charge is 0.509 e. The predicted octanol–water partition coefficient (Wildman–Crippen LogP) is 12.0. The number of pyridine rings is 1. The maximum absolute atomic E-state index is 6.55. The molecule has 3 aromatic heterocycles. The van der Waals surface area contributed by atoms with E-state index in [4.69, 9.17) is 9.72 Å². The van der Waals surface area contributed by atoms with Crippen molar-refractivity contribution in [1.29, 1.82) is 0 Å². The Balaban J connectivity index is 0.00000384. The molecule has 1 aliphatic rings. The average Bonchev–Trinajstić information content (AvgIpc) is 3.88. The molecule has 272 valence electrons. The third kappa shape index (κ3) is 5.48. The molecule has 0 spiro atoms. The van der Waals surface area contributed by atoms with E-state index in [0.717, 1.165) is 66.8 Å². The molecule has 0 fully saturated rings. The van der Waals surface area contributed by atoms with Crippen molar-refractivity contribution in [1.82, 2.24) is 14.1 Å². The van der Waals surface area contributed by atoms with Crippen LogP contribution in [0.5, 0.6) is 11.5 Å². The smallest absolute Gasteiger partial charge is 0.137 e. The minimum atomic E-state index is 0. The van der Waals surface area contributed by atoms with Gasteiger partial charge in [0.15, 0.2) is 0 Å². The van der Waals surface area contributed by atoms with Crippen LogP contribution in [0.2, 0.25) is 0 Å². The van der Waals surface area contributed by atoms with Crippen LogP contribution in [-0.4, -0.2) is 21.2 Å². The number of para-hydroxylation sites is 3. The molecule has 7 heteroatoms. The molecule has 4 heterocycles. The van der Waals surface area contributed by atoms with Gasteiger partial charge in [-0.05, 0) is 60.0 Å². The zero-order chi connectivity index (χ0) is 36.5. The summed E-state index contributed by atoms with van der Waals surface area (Å²) >= 11 is 0. The molecule has 0 saturated heterocycles. The normalized spacial score (nSPS) is 12.4. The van der Waals surface area contributed by atoms with Crippen LogP contribution in [-0.2, 0) is 21.1 Å². The summed E-state index contributed by atoms with van der Waals surface area (Å²) < 4.78 is 11.1. The Kier molecular flexibility index (Phi) is 8.23. The van der Waals surface area contributed by atoms with Gasteiger partial charge in [-0.3, -0.25) is 0 Å². The fourth-order valence-electron chi connectivity index (χ4n) is 8.07. The van der Waals surface area contributed by atoms with Gasteiger partial charge in [0.2, 0.25) is 0 Å². The van der Waals surface area contributed by atoms with Crippen LogP contribution in [0.3, 0.4) is 0 Å². The monoisotopic (exact) mass is 901 g/mol. The maximum atomic E-state index is 6.55. The molecular formula is C49H32N5OPt-3. The Morgan fingerprint density at radius 2 is 1.23 bits per heavy atom. The summed E-state index contributed by atoms with van der Waals surface area (Å²) in [5.74, 6) is 2.01. The van der Waals surface area contributed by atoms with E-state index >= 15 is 0 Å². The molecule has 10 aromatic rings. The Morgan fingerprint density at radius 3 is 2.04 bits per heavy atom. The Morgan fingerprint density at radius 1 is 0.536 bits per heavy atom. The fourth-order valence-corrected chi connectivity index (χ4v) is 8.07. The van der Waals surface area contributed by atoms with Gasteiger partial charge in [-0.2, -0.15) is 18.8 Å². The Labute approximate surface area is 338 Å². The molecule has 0 radical (unpaired) electrons. The molecule has 0 unspecified atom stereocenters. The van der Waals surface area contributed by atoms with Crippen LogP contribution < -0.4 is 14.5 Å². The second-order valence-corrected chi connectivity index (χ2v) is 13.9. The van der Waals surface area contributed by atoms with Gasteiger partial charge in [-0.25, -0.2) is 4.98 Å². The van der Waals surface area contributed by atoms with Crippen LogP contribution >= 0.6 is 0 Å². The van der Waals surface area contributed by atoms with Crippen LogP contribution in [0.1, 0.15) is 0 Å². The minimum Gasteiger partial charge on any atom is -0.509 e. The van der Waals surface area contributed by atoms with Crippen LogP contribution in [0.25, 0.3) is 66.2 Å². The second-order valence-electron chi connectivity index (χ2n) is 13.9. The first kappa shape index (κ1) is 33.9.